The molecule has 1 atom stereocenters. The van der Waals surface area contributed by atoms with Gasteiger partial charge in [0.05, 0.1) is 0 Å². The fourth-order valence-electron chi connectivity index (χ4n) is 1.12. The third kappa shape index (κ3) is 3.19. The lowest BCUT2D eigenvalue weighted by molar-refractivity contribution is -0.175. The van der Waals surface area contributed by atoms with Crippen molar-refractivity contribution in [2.45, 2.75) is 33.2 Å². The SMILES string of the molecule is CCCN(O)[C@H](C(=O)O)C(C)C. The van der Waals surface area contributed by atoms with Gasteiger partial charge in [-0.2, -0.15) is 5.06 Å². The first-order chi connectivity index (χ1) is 5.50. The molecule has 0 unspecified atom stereocenters. The van der Waals surface area contributed by atoms with Crippen molar-refractivity contribution in [2.24, 2.45) is 5.92 Å². The predicted molar refractivity (Wildman–Crippen MR) is 45.0 cm³/mol. The van der Waals surface area contributed by atoms with Gasteiger partial charge >= 0.3 is 5.97 Å². The van der Waals surface area contributed by atoms with Crippen LogP contribution in [0.4, 0.5) is 0 Å². The van der Waals surface area contributed by atoms with Crippen LogP contribution in [-0.4, -0.2) is 33.9 Å². The second-order valence-electron chi connectivity index (χ2n) is 3.19. The Morgan fingerprint density at radius 3 is 2.25 bits per heavy atom. The van der Waals surface area contributed by atoms with Crippen LogP contribution in [0.1, 0.15) is 27.2 Å². The largest absolute Gasteiger partial charge is 0.480 e. The molecule has 0 aromatic carbocycles. The van der Waals surface area contributed by atoms with E-state index in [2.05, 4.69) is 0 Å². The van der Waals surface area contributed by atoms with E-state index in [1.54, 1.807) is 13.8 Å². The summed E-state index contributed by atoms with van der Waals surface area (Å²) in [6, 6.07) is -0.787. The van der Waals surface area contributed by atoms with Crippen molar-refractivity contribution in [1.82, 2.24) is 5.06 Å². The third-order valence-electron chi connectivity index (χ3n) is 1.66. The van der Waals surface area contributed by atoms with Crippen LogP contribution in [0.3, 0.4) is 0 Å². The van der Waals surface area contributed by atoms with Crippen LogP contribution in [0.25, 0.3) is 0 Å². The summed E-state index contributed by atoms with van der Waals surface area (Å²) in [4.78, 5) is 10.7. The lowest BCUT2D eigenvalue weighted by Crippen LogP contribution is -2.43. The number of carbonyl (C=O) groups is 1. The fourth-order valence-corrected chi connectivity index (χ4v) is 1.12. The number of rotatable bonds is 5. The van der Waals surface area contributed by atoms with E-state index in [0.717, 1.165) is 11.5 Å². The van der Waals surface area contributed by atoms with Crippen molar-refractivity contribution in [1.29, 1.82) is 0 Å². The molecule has 4 heteroatoms. The van der Waals surface area contributed by atoms with Crippen LogP contribution in [0.2, 0.25) is 0 Å². The molecular weight excluding hydrogens is 158 g/mol. The Balaban J connectivity index is 4.19. The Morgan fingerprint density at radius 2 is 2.00 bits per heavy atom. The number of hydrogen-bond acceptors (Lipinski definition) is 3. The summed E-state index contributed by atoms with van der Waals surface area (Å²) < 4.78 is 0. The lowest BCUT2D eigenvalue weighted by Gasteiger charge is -2.24. The van der Waals surface area contributed by atoms with Gasteiger partial charge in [0.1, 0.15) is 6.04 Å². The molecule has 2 N–H and O–H groups in total. The number of nitrogens with zero attached hydrogens (tertiary/aromatic N) is 1. The van der Waals surface area contributed by atoms with Crippen molar-refractivity contribution in [3.63, 3.8) is 0 Å². The average molecular weight is 175 g/mol. The van der Waals surface area contributed by atoms with Crippen molar-refractivity contribution in [3.05, 3.63) is 0 Å². The first kappa shape index (κ1) is 11.4. The van der Waals surface area contributed by atoms with Gasteiger partial charge in [-0.1, -0.05) is 20.8 Å². The van der Waals surface area contributed by atoms with Crippen LogP contribution in [-0.2, 0) is 4.79 Å². The van der Waals surface area contributed by atoms with E-state index in [1.165, 1.54) is 0 Å². The molecule has 0 aromatic rings. The molecule has 72 valence electrons. The quantitative estimate of drug-likeness (QED) is 0.616. The first-order valence-corrected chi connectivity index (χ1v) is 4.19. The van der Waals surface area contributed by atoms with Crippen LogP contribution in [0, 0.1) is 5.92 Å². The summed E-state index contributed by atoms with van der Waals surface area (Å²) in [6.07, 6.45) is 0.743. The van der Waals surface area contributed by atoms with E-state index in [-0.39, 0.29) is 5.92 Å². The number of hydrogen-bond donors (Lipinski definition) is 2. The Hall–Kier alpha value is -0.610. The predicted octanol–water partition coefficient (Wildman–Crippen LogP) is 1.20. The molecule has 0 heterocycles. The van der Waals surface area contributed by atoms with Gasteiger partial charge < -0.3 is 10.3 Å². The highest BCUT2D eigenvalue weighted by atomic mass is 16.5. The molecule has 0 fully saturated rings. The van der Waals surface area contributed by atoms with Gasteiger partial charge in [-0.05, 0) is 12.3 Å². The molecule has 0 aromatic heterocycles. The Morgan fingerprint density at radius 1 is 1.50 bits per heavy atom. The van der Waals surface area contributed by atoms with E-state index < -0.39 is 12.0 Å². The summed E-state index contributed by atoms with van der Waals surface area (Å²) >= 11 is 0. The second-order valence-corrected chi connectivity index (χ2v) is 3.19. The Bertz CT molecular complexity index is 147. The van der Waals surface area contributed by atoms with Crippen LogP contribution in [0.15, 0.2) is 0 Å². The molecule has 0 aliphatic rings. The maximum atomic E-state index is 10.7. The van der Waals surface area contributed by atoms with Gasteiger partial charge in [0.15, 0.2) is 0 Å². The zero-order chi connectivity index (χ0) is 9.72. The molecular formula is C8H17NO3. The molecule has 0 aliphatic carbocycles. The van der Waals surface area contributed by atoms with E-state index in [4.69, 9.17) is 5.11 Å². The zero-order valence-corrected chi connectivity index (χ0v) is 7.82. The summed E-state index contributed by atoms with van der Waals surface area (Å²) in [6.45, 7) is 5.84. The molecule has 0 bridgehead atoms. The fraction of sp³-hybridized carbons (Fsp3) is 0.875. The average Bonchev–Trinajstić information content (AvgIpc) is 1.85. The van der Waals surface area contributed by atoms with Crippen molar-refractivity contribution < 1.29 is 15.1 Å². The minimum Gasteiger partial charge on any atom is -0.480 e. The smallest absolute Gasteiger partial charge is 0.323 e. The monoisotopic (exact) mass is 175 g/mol. The number of carboxylic acids is 1. The van der Waals surface area contributed by atoms with Crippen molar-refractivity contribution >= 4 is 5.97 Å². The van der Waals surface area contributed by atoms with E-state index >= 15 is 0 Å². The van der Waals surface area contributed by atoms with Crippen LogP contribution < -0.4 is 0 Å². The highest BCUT2D eigenvalue weighted by Gasteiger charge is 2.26. The van der Waals surface area contributed by atoms with Gasteiger partial charge in [-0.15, -0.1) is 0 Å². The zero-order valence-electron chi connectivity index (χ0n) is 7.82. The summed E-state index contributed by atoms with van der Waals surface area (Å²) in [7, 11) is 0. The Kier molecular flexibility index (Phi) is 4.85. The minimum absolute atomic E-state index is 0.0842. The molecule has 0 radical (unpaired) electrons. The molecule has 12 heavy (non-hydrogen) atoms. The summed E-state index contributed by atoms with van der Waals surface area (Å²) in [5, 5.41) is 18.9. The third-order valence-corrected chi connectivity index (χ3v) is 1.66. The maximum absolute atomic E-state index is 10.7. The first-order valence-electron chi connectivity index (χ1n) is 4.19. The number of aliphatic carboxylic acids is 1. The summed E-state index contributed by atoms with van der Waals surface area (Å²) in [5.41, 5.74) is 0. The standard InChI is InChI=1S/C8H17NO3/c1-4-5-9(12)7(6(2)3)8(10)11/h6-7,12H,4-5H2,1-3H3,(H,10,11)/t7-/m0/s1. The number of carboxylic acid groups (broad SMARTS) is 1. The molecule has 0 aliphatic heterocycles. The van der Waals surface area contributed by atoms with E-state index in [0.29, 0.717) is 6.54 Å². The topological polar surface area (TPSA) is 60.8 Å². The highest BCUT2D eigenvalue weighted by Crippen LogP contribution is 2.09. The van der Waals surface area contributed by atoms with Crippen molar-refractivity contribution in [3.8, 4) is 0 Å². The molecule has 0 saturated carbocycles. The van der Waals surface area contributed by atoms with Gasteiger partial charge in [0, 0.05) is 6.54 Å². The lowest BCUT2D eigenvalue weighted by atomic mass is 10.0. The minimum atomic E-state index is -0.971. The molecule has 0 amide bonds. The molecule has 4 nitrogen and oxygen atoms in total. The molecule has 0 saturated heterocycles. The highest BCUT2D eigenvalue weighted by molar-refractivity contribution is 5.73. The molecule has 0 rings (SSSR count). The Labute approximate surface area is 72.8 Å². The summed E-state index contributed by atoms with van der Waals surface area (Å²) in [5.74, 6) is -1.06. The molecule has 0 spiro atoms. The van der Waals surface area contributed by atoms with Crippen molar-refractivity contribution in [2.75, 3.05) is 6.54 Å². The van der Waals surface area contributed by atoms with Crippen LogP contribution >= 0.6 is 0 Å². The van der Waals surface area contributed by atoms with Gasteiger partial charge in [-0.25, -0.2) is 0 Å². The van der Waals surface area contributed by atoms with Crippen LogP contribution in [0.5, 0.6) is 0 Å². The second kappa shape index (κ2) is 5.11. The normalized spacial score (nSPS) is 13.8. The van der Waals surface area contributed by atoms with Gasteiger partial charge in [0.25, 0.3) is 0 Å². The van der Waals surface area contributed by atoms with E-state index in [1.807, 2.05) is 6.92 Å². The maximum Gasteiger partial charge on any atom is 0.323 e. The van der Waals surface area contributed by atoms with Gasteiger partial charge in [-0.3, -0.25) is 4.79 Å². The van der Waals surface area contributed by atoms with E-state index in [9.17, 15) is 10.0 Å². The number of hydroxylamine groups is 2. The van der Waals surface area contributed by atoms with Gasteiger partial charge in [0.2, 0.25) is 0 Å².